The van der Waals surface area contributed by atoms with Crippen molar-refractivity contribution in [2.75, 3.05) is 5.32 Å². The standard InChI is InChI=1S/C21H28N6O/c1-14(2)18-8-6-17(7-9-18)13-27-20(10-11-23-27)24-21(28)22-12-19-15(3)25-26(5)16(19)4/h6-11,14H,12-13H2,1-5H3,(H2,22,24,28). The van der Waals surface area contributed by atoms with E-state index in [1.54, 1.807) is 16.9 Å². The Labute approximate surface area is 165 Å². The van der Waals surface area contributed by atoms with Crippen LogP contribution in [0.2, 0.25) is 0 Å². The molecule has 2 amide bonds. The van der Waals surface area contributed by atoms with Crippen molar-refractivity contribution in [1.82, 2.24) is 24.9 Å². The molecule has 0 aliphatic rings. The number of aryl methyl sites for hydroxylation is 2. The fraction of sp³-hybridized carbons (Fsp3) is 0.381. The van der Waals surface area contributed by atoms with Crippen LogP contribution in [0, 0.1) is 13.8 Å². The Kier molecular flexibility index (Phi) is 5.82. The molecule has 0 bridgehead atoms. The highest BCUT2D eigenvalue weighted by Gasteiger charge is 2.12. The van der Waals surface area contributed by atoms with E-state index < -0.39 is 0 Å². The average molecular weight is 380 g/mol. The van der Waals surface area contributed by atoms with Gasteiger partial charge in [-0.15, -0.1) is 0 Å². The van der Waals surface area contributed by atoms with Crippen molar-refractivity contribution in [2.45, 2.75) is 46.7 Å². The summed E-state index contributed by atoms with van der Waals surface area (Å²) in [5.74, 6) is 1.16. The summed E-state index contributed by atoms with van der Waals surface area (Å²) >= 11 is 0. The van der Waals surface area contributed by atoms with Crippen molar-refractivity contribution in [3.05, 3.63) is 64.6 Å². The Balaban J connectivity index is 1.61. The van der Waals surface area contributed by atoms with Crippen LogP contribution in [0.3, 0.4) is 0 Å². The molecule has 0 saturated carbocycles. The molecule has 0 saturated heterocycles. The number of amides is 2. The van der Waals surface area contributed by atoms with Crippen molar-refractivity contribution >= 4 is 11.8 Å². The van der Waals surface area contributed by atoms with Crippen molar-refractivity contribution in [1.29, 1.82) is 0 Å². The maximum atomic E-state index is 12.3. The lowest BCUT2D eigenvalue weighted by Gasteiger charge is -2.11. The minimum absolute atomic E-state index is 0.264. The third-order valence-electron chi connectivity index (χ3n) is 5.02. The van der Waals surface area contributed by atoms with Crippen LogP contribution in [-0.2, 0) is 20.1 Å². The molecule has 3 rings (SSSR count). The number of hydrogen-bond acceptors (Lipinski definition) is 3. The molecule has 0 spiro atoms. The molecule has 2 N–H and O–H groups in total. The minimum Gasteiger partial charge on any atom is -0.334 e. The van der Waals surface area contributed by atoms with Crippen LogP contribution in [0.15, 0.2) is 36.5 Å². The Morgan fingerprint density at radius 3 is 2.46 bits per heavy atom. The fourth-order valence-electron chi connectivity index (χ4n) is 3.15. The van der Waals surface area contributed by atoms with E-state index in [9.17, 15) is 4.79 Å². The van der Waals surface area contributed by atoms with Crippen LogP contribution in [0.25, 0.3) is 0 Å². The average Bonchev–Trinajstić information content (AvgIpc) is 3.18. The predicted octanol–water partition coefficient (Wildman–Crippen LogP) is 3.73. The summed E-state index contributed by atoms with van der Waals surface area (Å²) in [5, 5.41) is 14.5. The molecule has 0 radical (unpaired) electrons. The van der Waals surface area contributed by atoms with Crippen molar-refractivity contribution < 1.29 is 4.79 Å². The van der Waals surface area contributed by atoms with Gasteiger partial charge in [-0.3, -0.25) is 10.00 Å². The Morgan fingerprint density at radius 1 is 1.14 bits per heavy atom. The summed E-state index contributed by atoms with van der Waals surface area (Å²) in [6.07, 6.45) is 1.69. The molecule has 3 aromatic rings. The number of carbonyl (C=O) groups excluding carboxylic acids is 1. The second-order valence-corrected chi connectivity index (χ2v) is 7.35. The first-order valence-electron chi connectivity index (χ1n) is 9.49. The highest BCUT2D eigenvalue weighted by molar-refractivity contribution is 5.88. The number of nitrogens with one attached hydrogen (secondary N) is 2. The van der Waals surface area contributed by atoms with E-state index in [1.165, 1.54) is 5.56 Å². The molecule has 28 heavy (non-hydrogen) atoms. The first-order chi connectivity index (χ1) is 13.3. The zero-order valence-electron chi connectivity index (χ0n) is 17.2. The van der Waals surface area contributed by atoms with Crippen LogP contribution < -0.4 is 10.6 Å². The van der Waals surface area contributed by atoms with Gasteiger partial charge in [0.1, 0.15) is 5.82 Å². The molecule has 148 valence electrons. The summed E-state index contributed by atoms with van der Waals surface area (Å²) in [6, 6.07) is 10.0. The van der Waals surface area contributed by atoms with Crippen molar-refractivity contribution in [3.8, 4) is 0 Å². The van der Waals surface area contributed by atoms with E-state index in [-0.39, 0.29) is 6.03 Å². The molecule has 2 heterocycles. The quantitative estimate of drug-likeness (QED) is 0.684. The van der Waals surface area contributed by atoms with E-state index in [0.29, 0.717) is 24.8 Å². The Hall–Kier alpha value is -3.09. The number of urea groups is 1. The third-order valence-corrected chi connectivity index (χ3v) is 5.02. The first-order valence-corrected chi connectivity index (χ1v) is 9.49. The second-order valence-electron chi connectivity index (χ2n) is 7.35. The molecule has 0 atom stereocenters. The minimum atomic E-state index is -0.264. The van der Waals surface area contributed by atoms with Gasteiger partial charge in [0.05, 0.1) is 18.4 Å². The van der Waals surface area contributed by atoms with E-state index in [4.69, 9.17) is 0 Å². The maximum absolute atomic E-state index is 12.3. The molecule has 0 aliphatic carbocycles. The summed E-state index contributed by atoms with van der Waals surface area (Å²) < 4.78 is 3.61. The molecule has 0 aliphatic heterocycles. The monoisotopic (exact) mass is 380 g/mol. The van der Waals surface area contributed by atoms with Crippen LogP contribution in [0.1, 0.15) is 47.8 Å². The molecule has 1 aromatic carbocycles. The van der Waals surface area contributed by atoms with E-state index in [1.807, 2.05) is 25.6 Å². The SMILES string of the molecule is Cc1nn(C)c(C)c1CNC(=O)Nc1ccnn1Cc1ccc(C(C)C)cc1. The Bertz CT molecular complexity index is 952. The largest absolute Gasteiger partial charge is 0.334 e. The van der Waals surface area contributed by atoms with Crippen LogP contribution in [0.4, 0.5) is 10.6 Å². The van der Waals surface area contributed by atoms with Gasteiger partial charge in [-0.25, -0.2) is 9.48 Å². The molecule has 7 heteroatoms. The van der Waals surface area contributed by atoms with Gasteiger partial charge < -0.3 is 5.32 Å². The van der Waals surface area contributed by atoms with Gasteiger partial charge in [-0.2, -0.15) is 10.2 Å². The van der Waals surface area contributed by atoms with Crippen LogP contribution >= 0.6 is 0 Å². The number of carbonyl (C=O) groups is 1. The van der Waals surface area contributed by atoms with Gasteiger partial charge in [-0.1, -0.05) is 38.1 Å². The van der Waals surface area contributed by atoms with Crippen LogP contribution in [-0.4, -0.2) is 25.6 Å². The van der Waals surface area contributed by atoms with Gasteiger partial charge in [0.15, 0.2) is 0 Å². The van der Waals surface area contributed by atoms with E-state index in [2.05, 4.69) is 58.9 Å². The number of nitrogens with zero attached hydrogens (tertiary/aromatic N) is 4. The lowest BCUT2D eigenvalue weighted by molar-refractivity contribution is 0.251. The van der Waals surface area contributed by atoms with Gasteiger partial charge >= 0.3 is 6.03 Å². The molecule has 0 unspecified atom stereocenters. The van der Waals surface area contributed by atoms with Gasteiger partial charge in [-0.05, 0) is 30.9 Å². The highest BCUT2D eigenvalue weighted by atomic mass is 16.2. The maximum Gasteiger partial charge on any atom is 0.320 e. The summed E-state index contributed by atoms with van der Waals surface area (Å²) in [6.45, 7) is 9.33. The highest BCUT2D eigenvalue weighted by Crippen LogP contribution is 2.16. The third kappa shape index (κ3) is 4.42. The first kappa shape index (κ1) is 19.7. The zero-order valence-corrected chi connectivity index (χ0v) is 17.2. The number of rotatable bonds is 6. The molecule has 0 fully saturated rings. The number of anilines is 1. The van der Waals surface area contributed by atoms with E-state index in [0.717, 1.165) is 22.5 Å². The topological polar surface area (TPSA) is 76.8 Å². The molecule has 2 aromatic heterocycles. The summed E-state index contributed by atoms with van der Waals surface area (Å²) in [4.78, 5) is 12.3. The fourth-order valence-corrected chi connectivity index (χ4v) is 3.15. The van der Waals surface area contributed by atoms with Gasteiger partial charge in [0, 0.05) is 30.9 Å². The lowest BCUT2D eigenvalue weighted by Crippen LogP contribution is -2.29. The Morgan fingerprint density at radius 2 is 1.86 bits per heavy atom. The predicted molar refractivity (Wildman–Crippen MR) is 110 cm³/mol. The van der Waals surface area contributed by atoms with Crippen LogP contribution in [0.5, 0.6) is 0 Å². The second kappa shape index (κ2) is 8.29. The number of hydrogen-bond donors (Lipinski definition) is 2. The molecule has 7 nitrogen and oxygen atoms in total. The smallest absolute Gasteiger partial charge is 0.320 e. The summed E-state index contributed by atoms with van der Waals surface area (Å²) in [5.41, 5.74) is 5.46. The zero-order chi connectivity index (χ0) is 20.3. The van der Waals surface area contributed by atoms with Crippen molar-refractivity contribution in [2.24, 2.45) is 7.05 Å². The summed E-state index contributed by atoms with van der Waals surface area (Å²) in [7, 11) is 1.90. The van der Waals surface area contributed by atoms with Gasteiger partial charge in [0.25, 0.3) is 0 Å². The van der Waals surface area contributed by atoms with Crippen molar-refractivity contribution in [3.63, 3.8) is 0 Å². The van der Waals surface area contributed by atoms with Gasteiger partial charge in [0.2, 0.25) is 0 Å². The lowest BCUT2D eigenvalue weighted by atomic mass is 10.0. The normalized spacial score (nSPS) is 11.1. The number of aromatic nitrogens is 4. The number of benzene rings is 1. The van der Waals surface area contributed by atoms with E-state index >= 15 is 0 Å². The molecular formula is C21H28N6O. The molecular weight excluding hydrogens is 352 g/mol.